The number of anilines is 1. The number of likely N-dealkylation sites (N-methyl/N-ethyl adjacent to an activating group) is 1. The summed E-state index contributed by atoms with van der Waals surface area (Å²) in [5, 5.41) is 3.78. The molecule has 1 saturated heterocycles. The van der Waals surface area contributed by atoms with Crippen LogP contribution in [0.25, 0.3) is 0 Å². The van der Waals surface area contributed by atoms with E-state index in [1.807, 2.05) is 0 Å². The monoisotopic (exact) mass is 297 g/mol. The Bertz CT molecular complexity index is 418. The molecule has 0 amide bonds. The van der Waals surface area contributed by atoms with Gasteiger partial charge in [-0.15, -0.1) is 0 Å². The molecule has 6 heteroatoms. The molecule has 1 atom stereocenters. The van der Waals surface area contributed by atoms with Crippen molar-refractivity contribution in [1.29, 1.82) is 0 Å². The summed E-state index contributed by atoms with van der Waals surface area (Å²) in [5.74, 6) is 1.26. The number of hydrogen-bond acceptors (Lipinski definition) is 5. The number of halogens is 1. The van der Waals surface area contributed by atoms with Crippen molar-refractivity contribution in [2.45, 2.75) is 19.9 Å². The topological polar surface area (TPSA) is 44.3 Å². The van der Waals surface area contributed by atoms with E-state index < -0.39 is 0 Å². The van der Waals surface area contributed by atoms with E-state index in [-0.39, 0.29) is 0 Å². The van der Waals surface area contributed by atoms with Crippen molar-refractivity contribution in [3.05, 3.63) is 17.5 Å². The normalized spacial score (nSPS) is 19.2. The lowest BCUT2D eigenvalue weighted by atomic mass is 10.0. The Labute approximate surface area is 126 Å². The van der Waals surface area contributed by atoms with E-state index in [9.17, 15) is 0 Å². The van der Waals surface area contributed by atoms with Gasteiger partial charge in [-0.25, -0.2) is 9.97 Å². The average molecular weight is 298 g/mol. The van der Waals surface area contributed by atoms with Crippen LogP contribution in [-0.2, 0) is 0 Å². The molecule has 1 N–H and O–H groups in total. The minimum absolute atomic E-state index is 0.438. The molecule has 0 spiro atoms. The largest absolute Gasteiger partial charge is 0.366 e. The minimum atomic E-state index is 0.438. The van der Waals surface area contributed by atoms with Crippen LogP contribution in [0.2, 0.25) is 5.15 Å². The summed E-state index contributed by atoms with van der Waals surface area (Å²) < 4.78 is 0. The number of rotatable bonds is 5. The summed E-state index contributed by atoms with van der Waals surface area (Å²) in [6.45, 7) is 9.89. The third kappa shape index (κ3) is 4.04. The van der Waals surface area contributed by atoms with Crippen LogP contribution in [0.15, 0.2) is 12.4 Å². The van der Waals surface area contributed by atoms with Gasteiger partial charge in [0.15, 0.2) is 11.0 Å². The van der Waals surface area contributed by atoms with E-state index in [2.05, 4.69) is 46.0 Å². The molecule has 1 aromatic rings. The van der Waals surface area contributed by atoms with Gasteiger partial charge < -0.3 is 10.2 Å². The minimum Gasteiger partial charge on any atom is -0.366 e. The van der Waals surface area contributed by atoms with E-state index in [0.717, 1.165) is 32.7 Å². The maximum Gasteiger partial charge on any atom is 0.171 e. The van der Waals surface area contributed by atoms with Crippen LogP contribution in [-0.4, -0.2) is 65.6 Å². The molecular formula is C14H24ClN5. The summed E-state index contributed by atoms with van der Waals surface area (Å²) in [6, 6.07) is 0.488. The fraction of sp³-hybridized carbons (Fsp3) is 0.714. The zero-order valence-electron chi connectivity index (χ0n) is 12.5. The van der Waals surface area contributed by atoms with Crippen LogP contribution in [0.3, 0.4) is 0 Å². The molecule has 1 aliphatic heterocycles. The van der Waals surface area contributed by atoms with Crippen molar-refractivity contribution < 1.29 is 0 Å². The maximum atomic E-state index is 6.04. The molecule has 5 nitrogen and oxygen atoms in total. The first kappa shape index (κ1) is 15.5. The van der Waals surface area contributed by atoms with Crippen LogP contribution < -0.4 is 5.32 Å². The van der Waals surface area contributed by atoms with Crippen molar-refractivity contribution >= 4 is 17.4 Å². The Morgan fingerprint density at radius 3 is 2.45 bits per heavy atom. The van der Waals surface area contributed by atoms with Gasteiger partial charge in [-0.1, -0.05) is 25.4 Å². The van der Waals surface area contributed by atoms with E-state index in [1.54, 1.807) is 12.4 Å². The molecule has 1 aliphatic rings. The lowest BCUT2D eigenvalue weighted by Crippen LogP contribution is -2.52. The lowest BCUT2D eigenvalue weighted by molar-refractivity contribution is 0.0944. The number of aromatic nitrogens is 2. The fourth-order valence-corrected chi connectivity index (χ4v) is 2.75. The van der Waals surface area contributed by atoms with Crippen molar-refractivity contribution in [3.8, 4) is 0 Å². The van der Waals surface area contributed by atoms with Crippen LogP contribution >= 0.6 is 11.6 Å². The van der Waals surface area contributed by atoms with Gasteiger partial charge in [0.25, 0.3) is 0 Å². The summed E-state index contributed by atoms with van der Waals surface area (Å²) in [4.78, 5) is 13.2. The van der Waals surface area contributed by atoms with Crippen molar-refractivity contribution in [1.82, 2.24) is 19.8 Å². The molecule has 0 aliphatic carbocycles. The molecule has 0 saturated carbocycles. The highest BCUT2D eigenvalue weighted by molar-refractivity contribution is 6.31. The molecule has 1 aromatic heterocycles. The van der Waals surface area contributed by atoms with Crippen LogP contribution in [0.5, 0.6) is 0 Å². The van der Waals surface area contributed by atoms with E-state index >= 15 is 0 Å². The highest BCUT2D eigenvalue weighted by Crippen LogP contribution is 2.17. The molecule has 112 valence electrons. The molecule has 0 radical (unpaired) electrons. The van der Waals surface area contributed by atoms with Crippen LogP contribution in [0, 0.1) is 5.92 Å². The second-order valence-electron chi connectivity index (χ2n) is 5.73. The molecule has 2 rings (SSSR count). The van der Waals surface area contributed by atoms with Crippen molar-refractivity contribution in [3.63, 3.8) is 0 Å². The Balaban J connectivity index is 1.94. The molecule has 1 unspecified atom stereocenters. The fourth-order valence-electron chi connectivity index (χ4n) is 2.58. The first-order valence-corrected chi connectivity index (χ1v) is 7.58. The Kier molecular flexibility index (Phi) is 5.57. The zero-order chi connectivity index (χ0) is 14.5. The quantitative estimate of drug-likeness (QED) is 0.898. The Hall–Kier alpha value is -0.910. The molecule has 20 heavy (non-hydrogen) atoms. The van der Waals surface area contributed by atoms with E-state index in [0.29, 0.717) is 22.9 Å². The first-order chi connectivity index (χ1) is 9.58. The zero-order valence-corrected chi connectivity index (χ0v) is 13.3. The van der Waals surface area contributed by atoms with Crippen LogP contribution in [0.1, 0.15) is 13.8 Å². The molecule has 2 heterocycles. The highest BCUT2D eigenvalue weighted by Gasteiger charge is 2.25. The Morgan fingerprint density at radius 1 is 1.20 bits per heavy atom. The number of piperazine rings is 1. The van der Waals surface area contributed by atoms with E-state index in [1.165, 1.54) is 0 Å². The summed E-state index contributed by atoms with van der Waals surface area (Å²) >= 11 is 6.04. The van der Waals surface area contributed by atoms with Crippen molar-refractivity contribution in [2.24, 2.45) is 5.92 Å². The predicted octanol–water partition coefficient (Wildman–Crippen LogP) is 1.81. The lowest BCUT2D eigenvalue weighted by Gasteiger charge is -2.40. The maximum absolute atomic E-state index is 6.04. The van der Waals surface area contributed by atoms with Gasteiger partial charge in [0.05, 0.1) is 0 Å². The SMILES string of the molecule is CC(C)C(CNc1nccnc1Cl)N1CCN(C)CC1. The number of hydrogen-bond donors (Lipinski definition) is 1. The smallest absolute Gasteiger partial charge is 0.171 e. The molecular weight excluding hydrogens is 274 g/mol. The summed E-state index contributed by atoms with van der Waals surface area (Å²) in [6.07, 6.45) is 3.27. The van der Waals surface area contributed by atoms with Gasteiger partial charge in [0.2, 0.25) is 0 Å². The third-order valence-electron chi connectivity index (χ3n) is 3.91. The van der Waals surface area contributed by atoms with Gasteiger partial charge >= 0.3 is 0 Å². The van der Waals surface area contributed by atoms with Gasteiger partial charge in [-0.05, 0) is 13.0 Å². The molecule has 1 fully saturated rings. The number of nitrogens with one attached hydrogen (secondary N) is 1. The van der Waals surface area contributed by atoms with Gasteiger partial charge in [0.1, 0.15) is 0 Å². The summed E-state index contributed by atoms with van der Waals surface area (Å²) in [7, 11) is 2.18. The predicted molar refractivity (Wildman–Crippen MR) is 83.2 cm³/mol. The standard InChI is InChI=1S/C14H24ClN5/c1-11(2)12(20-8-6-19(3)7-9-20)10-18-14-13(15)16-4-5-17-14/h4-5,11-12H,6-10H2,1-3H3,(H,17,18). The van der Waals surface area contributed by atoms with Gasteiger partial charge in [-0.3, -0.25) is 4.90 Å². The number of nitrogens with zero attached hydrogens (tertiary/aromatic N) is 4. The van der Waals surface area contributed by atoms with Crippen LogP contribution in [0.4, 0.5) is 5.82 Å². The molecule has 0 aromatic carbocycles. The van der Waals surface area contributed by atoms with Gasteiger partial charge in [-0.2, -0.15) is 0 Å². The highest BCUT2D eigenvalue weighted by atomic mass is 35.5. The molecule has 0 bridgehead atoms. The van der Waals surface area contributed by atoms with Crippen molar-refractivity contribution in [2.75, 3.05) is 45.1 Å². The van der Waals surface area contributed by atoms with Gasteiger partial charge in [0, 0.05) is 51.2 Å². The first-order valence-electron chi connectivity index (χ1n) is 7.21. The third-order valence-corrected chi connectivity index (χ3v) is 4.19. The second kappa shape index (κ2) is 7.20. The Morgan fingerprint density at radius 2 is 1.85 bits per heavy atom. The van der Waals surface area contributed by atoms with E-state index in [4.69, 9.17) is 11.6 Å². The average Bonchev–Trinajstić information content (AvgIpc) is 2.42. The summed E-state index contributed by atoms with van der Waals surface area (Å²) in [5.41, 5.74) is 0. The second-order valence-corrected chi connectivity index (χ2v) is 6.09.